The molecule has 26 heavy (non-hydrogen) atoms. The standard InChI is InChI=1S/C20H24N2O3S/c1-3-22(12-19(23)21-14-7-6-8-15(11-14)25-2)20(24)17-13-26-18-10-5-4-9-16(17)18/h6-8,11,13H,3-5,9-10,12H2,1-2H3,(H,21,23). The number of fused-ring (bicyclic) bond motifs is 1. The molecule has 1 heterocycles. The SMILES string of the molecule is CCN(CC(=O)Nc1cccc(OC)c1)C(=O)c1csc2c1CCCC2. The summed E-state index contributed by atoms with van der Waals surface area (Å²) in [5.74, 6) is 0.418. The van der Waals surface area contributed by atoms with Gasteiger partial charge in [-0.25, -0.2) is 0 Å². The zero-order valence-electron chi connectivity index (χ0n) is 15.2. The highest BCUT2D eigenvalue weighted by Gasteiger charge is 2.24. The van der Waals surface area contributed by atoms with Crippen molar-refractivity contribution in [2.45, 2.75) is 32.6 Å². The summed E-state index contributed by atoms with van der Waals surface area (Å²) in [4.78, 5) is 28.3. The zero-order valence-corrected chi connectivity index (χ0v) is 16.0. The molecule has 0 fully saturated rings. The van der Waals surface area contributed by atoms with Crippen LogP contribution in [0.15, 0.2) is 29.6 Å². The molecule has 0 bridgehead atoms. The first-order valence-corrected chi connectivity index (χ1v) is 9.82. The van der Waals surface area contributed by atoms with Crippen LogP contribution in [-0.2, 0) is 17.6 Å². The molecular formula is C20H24N2O3S. The Balaban J connectivity index is 1.67. The molecule has 1 aromatic heterocycles. The van der Waals surface area contributed by atoms with Gasteiger partial charge in [-0.2, -0.15) is 0 Å². The Bertz CT molecular complexity index is 800. The summed E-state index contributed by atoms with van der Waals surface area (Å²) in [6.07, 6.45) is 4.36. The predicted octanol–water partition coefficient (Wildman–Crippen LogP) is 3.74. The molecule has 1 aliphatic rings. The normalized spacial score (nSPS) is 13.0. The molecule has 3 rings (SSSR count). The lowest BCUT2D eigenvalue weighted by molar-refractivity contribution is -0.116. The third kappa shape index (κ3) is 4.07. The number of anilines is 1. The first-order chi connectivity index (χ1) is 12.6. The van der Waals surface area contributed by atoms with Gasteiger partial charge in [0.2, 0.25) is 5.91 Å². The van der Waals surface area contributed by atoms with E-state index in [9.17, 15) is 9.59 Å². The van der Waals surface area contributed by atoms with Gasteiger partial charge in [0.1, 0.15) is 12.3 Å². The lowest BCUT2D eigenvalue weighted by atomic mass is 9.95. The van der Waals surface area contributed by atoms with E-state index in [1.54, 1.807) is 35.5 Å². The zero-order chi connectivity index (χ0) is 18.5. The molecule has 2 aromatic rings. The first kappa shape index (κ1) is 18.5. The highest BCUT2D eigenvalue weighted by Crippen LogP contribution is 2.31. The van der Waals surface area contributed by atoms with Gasteiger partial charge < -0.3 is 15.0 Å². The number of hydrogen-bond donors (Lipinski definition) is 1. The fraction of sp³-hybridized carbons (Fsp3) is 0.400. The van der Waals surface area contributed by atoms with Crippen molar-refractivity contribution in [1.29, 1.82) is 0 Å². The Kier molecular flexibility index (Phi) is 5.93. The van der Waals surface area contributed by atoms with Crippen molar-refractivity contribution in [2.75, 3.05) is 25.5 Å². The molecule has 0 unspecified atom stereocenters. The van der Waals surface area contributed by atoms with E-state index in [2.05, 4.69) is 5.32 Å². The van der Waals surface area contributed by atoms with Crippen LogP contribution in [-0.4, -0.2) is 36.9 Å². The lowest BCUT2D eigenvalue weighted by Gasteiger charge is -2.21. The minimum atomic E-state index is -0.211. The van der Waals surface area contributed by atoms with E-state index >= 15 is 0 Å². The molecule has 1 aromatic carbocycles. The number of rotatable bonds is 6. The highest BCUT2D eigenvalue weighted by atomic mass is 32.1. The van der Waals surface area contributed by atoms with Crippen LogP contribution < -0.4 is 10.1 Å². The number of aryl methyl sites for hydroxylation is 1. The van der Waals surface area contributed by atoms with Gasteiger partial charge in [0, 0.05) is 28.6 Å². The number of likely N-dealkylation sites (N-methyl/N-ethyl adjacent to an activating group) is 1. The van der Waals surface area contributed by atoms with Crippen molar-refractivity contribution < 1.29 is 14.3 Å². The molecule has 1 N–H and O–H groups in total. The van der Waals surface area contributed by atoms with Crippen LogP contribution in [0.2, 0.25) is 0 Å². The van der Waals surface area contributed by atoms with Gasteiger partial charge in [0.05, 0.1) is 12.7 Å². The van der Waals surface area contributed by atoms with E-state index in [4.69, 9.17) is 4.74 Å². The summed E-state index contributed by atoms with van der Waals surface area (Å²) in [6.45, 7) is 2.43. The number of methoxy groups -OCH3 is 1. The van der Waals surface area contributed by atoms with Crippen LogP contribution in [0.4, 0.5) is 5.69 Å². The average molecular weight is 372 g/mol. The Labute approximate surface area is 158 Å². The number of amides is 2. The molecule has 0 saturated heterocycles. The van der Waals surface area contributed by atoms with E-state index in [1.807, 2.05) is 24.4 Å². The molecule has 0 atom stereocenters. The number of nitrogens with zero attached hydrogens (tertiary/aromatic N) is 1. The van der Waals surface area contributed by atoms with Crippen LogP contribution in [0.25, 0.3) is 0 Å². The van der Waals surface area contributed by atoms with E-state index in [-0.39, 0.29) is 18.4 Å². The summed E-state index contributed by atoms with van der Waals surface area (Å²) in [6, 6.07) is 7.19. The second-order valence-electron chi connectivity index (χ2n) is 6.36. The smallest absolute Gasteiger partial charge is 0.255 e. The molecule has 138 valence electrons. The molecular weight excluding hydrogens is 348 g/mol. The summed E-state index contributed by atoms with van der Waals surface area (Å²) in [7, 11) is 1.58. The van der Waals surface area contributed by atoms with E-state index in [0.29, 0.717) is 18.0 Å². The topological polar surface area (TPSA) is 58.6 Å². The van der Waals surface area contributed by atoms with E-state index < -0.39 is 0 Å². The van der Waals surface area contributed by atoms with Crippen LogP contribution in [0.1, 0.15) is 40.6 Å². The van der Waals surface area contributed by atoms with Gasteiger partial charge in [-0.15, -0.1) is 11.3 Å². The first-order valence-electron chi connectivity index (χ1n) is 8.94. The van der Waals surface area contributed by atoms with Gasteiger partial charge in [-0.05, 0) is 50.3 Å². The molecule has 6 heteroatoms. The van der Waals surface area contributed by atoms with Crippen molar-refractivity contribution in [3.05, 3.63) is 45.6 Å². The molecule has 0 spiro atoms. The number of benzene rings is 1. The minimum absolute atomic E-state index is 0.0389. The lowest BCUT2D eigenvalue weighted by Crippen LogP contribution is -2.38. The summed E-state index contributed by atoms with van der Waals surface area (Å²) < 4.78 is 5.16. The number of carbonyl (C=O) groups excluding carboxylic acids is 2. The van der Waals surface area contributed by atoms with Crippen LogP contribution in [0.3, 0.4) is 0 Å². The van der Waals surface area contributed by atoms with Gasteiger partial charge in [0.15, 0.2) is 0 Å². The highest BCUT2D eigenvalue weighted by molar-refractivity contribution is 7.10. The second-order valence-corrected chi connectivity index (χ2v) is 7.32. The Morgan fingerprint density at radius 2 is 2.08 bits per heavy atom. The molecule has 5 nitrogen and oxygen atoms in total. The molecule has 0 saturated carbocycles. The predicted molar refractivity (Wildman–Crippen MR) is 104 cm³/mol. The van der Waals surface area contributed by atoms with Crippen LogP contribution in [0.5, 0.6) is 5.75 Å². The molecule has 2 amide bonds. The maximum atomic E-state index is 12.9. The number of ether oxygens (including phenoxy) is 1. The third-order valence-corrected chi connectivity index (χ3v) is 5.74. The summed E-state index contributed by atoms with van der Waals surface area (Å²) in [5.41, 5.74) is 2.63. The second kappa shape index (κ2) is 8.36. The number of nitrogens with one attached hydrogen (secondary N) is 1. The summed E-state index contributed by atoms with van der Waals surface area (Å²) in [5, 5.41) is 4.79. The Hall–Kier alpha value is -2.34. The van der Waals surface area contributed by atoms with Crippen LogP contribution in [0, 0.1) is 0 Å². The molecule has 0 aliphatic heterocycles. The quantitative estimate of drug-likeness (QED) is 0.840. The Morgan fingerprint density at radius 1 is 1.27 bits per heavy atom. The summed E-state index contributed by atoms with van der Waals surface area (Å²) >= 11 is 1.67. The molecule has 0 radical (unpaired) electrons. The maximum absolute atomic E-state index is 12.9. The van der Waals surface area contributed by atoms with E-state index in [1.165, 1.54) is 16.9 Å². The number of thiophene rings is 1. The fourth-order valence-corrected chi connectivity index (χ4v) is 4.37. The third-order valence-electron chi connectivity index (χ3n) is 4.65. The van der Waals surface area contributed by atoms with Crippen LogP contribution >= 0.6 is 11.3 Å². The van der Waals surface area contributed by atoms with Crippen molar-refractivity contribution in [1.82, 2.24) is 4.90 Å². The van der Waals surface area contributed by atoms with Gasteiger partial charge in [0.25, 0.3) is 5.91 Å². The van der Waals surface area contributed by atoms with Crippen molar-refractivity contribution >= 4 is 28.8 Å². The van der Waals surface area contributed by atoms with E-state index in [0.717, 1.165) is 24.8 Å². The van der Waals surface area contributed by atoms with Crippen molar-refractivity contribution in [3.63, 3.8) is 0 Å². The number of carbonyl (C=O) groups is 2. The monoisotopic (exact) mass is 372 g/mol. The maximum Gasteiger partial charge on any atom is 0.255 e. The van der Waals surface area contributed by atoms with Gasteiger partial charge in [-0.3, -0.25) is 9.59 Å². The fourth-order valence-electron chi connectivity index (χ4n) is 3.25. The average Bonchev–Trinajstić information content (AvgIpc) is 3.10. The number of hydrogen-bond acceptors (Lipinski definition) is 4. The Morgan fingerprint density at radius 3 is 2.85 bits per heavy atom. The minimum Gasteiger partial charge on any atom is -0.497 e. The van der Waals surface area contributed by atoms with Crippen molar-refractivity contribution in [3.8, 4) is 5.75 Å². The largest absolute Gasteiger partial charge is 0.497 e. The molecule has 1 aliphatic carbocycles. The van der Waals surface area contributed by atoms with Crippen molar-refractivity contribution in [2.24, 2.45) is 0 Å². The van der Waals surface area contributed by atoms with Gasteiger partial charge in [-0.1, -0.05) is 6.07 Å². The van der Waals surface area contributed by atoms with Gasteiger partial charge >= 0.3 is 0 Å².